The molecule has 1 rings (SSSR count). The second-order valence-corrected chi connectivity index (χ2v) is 4.81. The van der Waals surface area contributed by atoms with Crippen LogP contribution in [0.25, 0.3) is 0 Å². The summed E-state index contributed by atoms with van der Waals surface area (Å²) in [7, 11) is 0. The topological polar surface area (TPSA) is 49.4 Å². The molecule has 0 aromatic rings. The van der Waals surface area contributed by atoms with Gasteiger partial charge >= 0.3 is 0 Å². The number of carbonyl (C=O) groups is 2. The third-order valence-corrected chi connectivity index (χ3v) is 3.41. The first kappa shape index (κ1) is 12.4. The molecule has 1 aliphatic heterocycles. The van der Waals surface area contributed by atoms with Gasteiger partial charge < -0.3 is 5.32 Å². The Morgan fingerprint density at radius 3 is 2.93 bits per heavy atom. The smallest absolute Gasteiger partial charge is 0.238 e. The second kappa shape index (κ2) is 6.07. The largest absolute Gasteiger partial charge is 0.354 e. The van der Waals surface area contributed by atoms with Gasteiger partial charge in [0.05, 0.1) is 5.75 Å². The third-order valence-electron chi connectivity index (χ3n) is 1.98. The minimum atomic E-state index is 0.0303. The van der Waals surface area contributed by atoms with E-state index in [1.54, 1.807) is 4.90 Å². The number of rotatable bonds is 5. The maximum absolute atomic E-state index is 11.3. The first-order valence-corrected chi connectivity index (χ1v) is 6.28. The monoisotopic (exact) mass is 246 g/mol. The molecule has 1 fully saturated rings. The van der Waals surface area contributed by atoms with Gasteiger partial charge in [0.1, 0.15) is 4.32 Å². The number of hydrogen-bond donors (Lipinski definition) is 1. The summed E-state index contributed by atoms with van der Waals surface area (Å²) in [5, 5.41) is 2.75. The molecule has 2 amide bonds. The fourth-order valence-electron chi connectivity index (χ4n) is 1.22. The fraction of sp³-hybridized carbons (Fsp3) is 0.667. The normalized spacial score (nSPS) is 15.9. The van der Waals surface area contributed by atoms with Crippen LogP contribution in [0.2, 0.25) is 0 Å². The minimum Gasteiger partial charge on any atom is -0.354 e. The molecule has 1 heterocycles. The summed E-state index contributed by atoms with van der Waals surface area (Å²) in [4.78, 5) is 24.0. The van der Waals surface area contributed by atoms with Crippen molar-refractivity contribution in [3.8, 4) is 0 Å². The summed E-state index contributed by atoms with van der Waals surface area (Å²) in [6.07, 6.45) is 1.37. The van der Waals surface area contributed by atoms with Crippen molar-refractivity contribution < 1.29 is 9.59 Å². The van der Waals surface area contributed by atoms with Crippen LogP contribution < -0.4 is 5.32 Å². The number of amides is 2. The van der Waals surface area contributed by atoms with Crippen molar-refractivity contribution in [2.45, 2.75) is 19.8 Å². The van der Waals surface area contributed by atoms with E-state index in [1.165, 1.54) is 11.8 Å². The van der Waals surface area contributed by atoms with Crippen LogP contribution in [0, 0.1) is 0 Å². The van der Waals surface area contributed by atoms with Crippen LogP contribution in [0.4, 0.5) is 0 Å². The van der Waals surface area contributed by atoms with E-state index in [2.05, 4.69) is 5.32 Å². The van der Waals surface area contributed by atoms with Gasteiger partial charge in [0.15, 0.2) is 0 Å². The molecule has 0 spiro atoms. The quantitative estimate of drug-likeness (QED) is 0.728. The van der Waals surface area contributed by atoms with Crippen molar-refractivity contribution in [3.05, 3.63) is 0 Å². The van der Waals surface area contributed by atoms with Gasteiger partial charge in [-0.15, -0.1) is 0 Å². The van der Waals surface area contributed by atoms with Gasteiger partial charge in [0.2, 0.25) is 11.8 Å². The molecule has 0 radical (unpaired) electrons. The lowest BCUT2D eigenvalue weighted by molar-refractivity contribution is -0.125. The number of hydrogen-bond acceptors (Lipinski definition) is 4. The Labute approximate surface area is 98.8 Å². The zero-order valence-corrected chi connectivity index (χ0v) is 10.2. The first-order valence-electron chi connectivity index (χ1n) is 4.89. The number of carbonyl (C=O) groups excluding carboxylic acids is 2. The molecule has 0 bridgehead atoms. The van der Waals surface area contributed by atoms with Crippen LogP contribution in [-0.2, 0) is 9.59 Å². The molecule has 0 aromatic carbocycles. The molecule has 0 saturated carbocycles. The van der Waals surface area contributed by atoms with Crippen molar-refractivity contribution in [2.24, 2.45) is 0 Å². The Bertz CT molecular complexity index is 265. The molecule has 1 saturated heterocycles. The predicted octanol–water partition coefficient (Wildman–Crippen LogP) is 0.763. The Hall–Kier alpha value is -0.620. The molecule has 0 aliphatic carbocycles. The van der Waals surface area contributed by atoms with Crippen molar-refractivity contribution >= 4 is 40.1 Å². The molecule has 1 aliphatic rings. The van der Waals surface area contributed by atoms with Crippen molar-refractivity contribution in [2.75, 3.05) is 18.8 Å². The van der Waals surface area contributed by atoms with Crippen LogP contribution >= 0.6 is 24.0 Å². The summed E-state index contributed by atoms with van der Waals surface area (Å²) in [5.41, 5.74) is 0. The molecule has 0 atom stereocenters. The van der Waals surface area contributed by atoms with Gasteiger partial charge in [-0.1, -0.05) is 30.9 Å². The van der Waals surface area contributed by atoms with E-state index in [4.69, 9.17) is 12.2 Å². The lowest BCUT2D eigenvalue weighted by Gasteiger charge is -2.14. The highest BCUT2D eigenvalue weighted by atomic mass is 32.2. The first-order chi connectivity index (χ1) is 7.15. The third kappa shape index (κ3) is 3.79. The lowest BCUT2D eigenvalue weighted by Crippen LogP contribution is -2.37. The van der Waals surface area contributed by atoms with Crippen molar-refractivity contribution in [1.82, 2.24) is 10.2 Å². The minimum absolute atomic E-state index is 0.0303. The summed E-state index contributed by atoms with van der Waals surface area (Å²) in [6.45, 7) is 2.92. The number of nitrogens with zero attached hydrogens (tertiary/aromatic N) is 1. The molecular formula is C9H14N2O2S2. The highest BCUT2D eigenvalue weighted by Gasteiger charge is 2.25. The van der Waals surface area contributed by atoms with Gasteiger partial charge in [-0.2, -0.15) is 0 Å². The number of nitrogens with one attached hydrogen (secondary N) is 1. The van der Waals surface area contributed by atoms with E-state index in [-0.39, 0.29) is 11.8 Å². The molecule has 1 N–H and O–H groups in total. The van der Waals surface area contributed by atoms with Crippen molar-refractivity contribution in [1.29, 1.82) is 0 Å². The SMILES string of the molecule is CCCC(=O)NCCN1C(=O)CSC1=S. The second-order valence-electron chi connectivity index (χ2n) is 3.20. The molecule has 84 valence electrons. The maximum Gasteiger partial charge on any atom is 0.238 e. The van der Waals surface area contributed by atoms with Crippen molar-refractivity contribution in [3.63, 3.8) is 0 Å². The highest BCUT2D eigenvalue weighted by Crippen LogP contribution is 2.18. The Balaban J connectivity index is 2.22. The zero-order valence-electron chi connectivity index (χ0n) is 8.62. The van der Waals surface area contributed by atoms with E-state index in [1.807, 2.05) is 6.92 Å². The Morgan fingerprint density at radius 1 is 1.67 bits per heavy atom. The van der Waals surface area contributed by atoms with Gasteiger partial charge in [-0.25, -0.2) is 0 Å². The number of thiocarbonyl (C=S) groups is 1. The fourth-order valence-corrected chi connectivity index (χ4v) is 2.34. The summed E-state index contributed by atoms with van der Waals surface area (Å²) in [5.74, 6) is 0.499. The van der Waals surface area contributed by atoms with Crippen LogP contribution in [0.5, 0.6) is 0 Å². The predicted molar refractivity (Wildman–Crippen MR) is 64.7 cm³/mol. The van der Waals surface area contributed by atoms with E-state index < -0.39 is 0 Å². The molecule has 15 heavy (non-hydrogen) atoms. The van der Waals surface area contributed by atoms with Crippen LogP contribution in [0.3, 0.4) is 0 Å². The number of thioether (sulfide) groups is 1. The average molecular weight is 246 g/mol. The summed E-state index contributed by atoms with van der Waals surface area (Å²) in [6, 6.07) is 0. The molecule has 6 heteroatoms. The van der Waals surface area contributed by atoms with Gasteiger partial charge in [-0.3, -0.25) is 14.5 Å². The van der Waals surface area contributed by atoms with Gasteiger partial charge in [0.25, 0.3) is 0 Å². The van der Waals surface area contributed by atoms with E-state index in [0.29, 0.717) is 29.6 Å². The average Bonchev–Trinajstić information content (AvgIpc) is 2.49. The molecule has 0 aromatic heterocycles. The van der Waals surface area contributed by atoms with Gasteiger partial charge in [-0.05, 0) is 6.42 Å². The Kier molecular flexibility index (Phi) is 5.04. The van der Waals surface area contributed by atoms with Crippen LogP contribution in [0.1, 0.15) is 19.8 Å². The molecule has 0 unspecified atom stereocenters. The zero-order chi connectivity index (χ0) is 11.3. The Morgan fingerprint density at radius 2 is 2.40 bits per heavy atom. The van der Waals surface area contributed by atoms with Gasteiger partial charge in [0, 0.05) is 19.5 Å². The molecular weight excluding hydrogens is 232 g/mol. The molecule has 4 nitrogen and oxygen atoms in total. The summed E-state index contributed by atoms with van der Waals surface area (Å²) >= 11 is 6.38. The van der Waals surface area contributed by atoms with Crippen LogP contribution in [0.15, 0.2) is 0 Å². The van der Waals surface area contributed by atoms with E-state index >= 15 is 0 Å². The standard InChI is InChI=1S/C9H14N2O2S2/c1-2-3-7(12)10-4-5-11-8(13)6-15-9(11)14/h2-6H2,1H3,(H,10,12). The maximum atomic E-state index is 11.3. The summed E-state index contributed by atoms with van der Waals surface area (Å²) < 4.78 is 0.616. The van der Waals surface area contributed by atoms with E-state index in [0.717, 1.165) is 6.42 Å². The van der Waals surface area contributed by atoms with E-state index in [9.17, 15) is 9.59 Å². The van der Waals surface area contributed by atoms with Crippen LogP contribution in [-0.4, -0.2) is 39.9 Å². The lowest BCUT2D eigenvalue weighted by atomic mass is 10.3. The highest BCUT2D eigenvalue weighted by molar-refractivity contribution is 8.23.